The number of nitrogens with one attached hydrogen (secondary N) is 1. The van der Waals surface area contributed by atoms with Gasteiger partial charge in [0.05, 0.1) is 17.8 Å². The SMILES string of the molecule is COc1ccc(-n2ccn(CC(=O)Nc3ccc(F)cc3)c(=O)c2=O)cc1Cl. The number of rotatable bonds is 5. The number of hydrogen-bond donors (Lipinski definition) is 1. The van der Waals surface area contributed by atoms with Crippen LogP contribution in [0.1, 0.15) is 0 Å². The Morgan fingerprint density at radius 1 is 1.11 bits per heavy atom. The fourth-order valence-corrected chi connectivity index (χ4v) is 2.78. The second-order valence-corrected chi connectivity index (χ2v) is 6.19. The van der Waals surface area contributed by atoms with Gasteiger partial charge in [0, 0.05) is 18.1 Å². The number of carbonyl (C=O) groups is 1. The molecule has 1 aromatic heterocycles. The maximum Gasteiger partial charge on any atom is 0.320 e. The Morgan fingerprint density at radius 3 is 2.46 bits per heavy atom. The van der Waals surface area contributed by atoms with Gasteiger partial charge in [0.25, 0.3) is 0 Å². The molecule has 0 aliphatic heterocycles. The second kappa shape index (κ2) is 8.10. The monoisotopic (exact) mass is 403 g/mol. The van der Waals surface area contributed by atoms with Crippen molar-refractivity contribution in [1.82, 2.24) is 9.13 Å². The van der Waals surface area contributed by atoms with Crippen LogP contribution in [0.4, 0.5) is 10.1 Å². The highest BCUT2D eigenvalue weighted by Crippen LogP contribution is 2.25. The summed E-state index contributed by atoms with van der Waals surface area (Å²) in [5.74, 6) is -0.529. The van der Waals surface area contributed by atoms with Gasteiger partial charge in [0.2, 0.25) is 5.91 Å². The smallest absolute Gasteiger partial charge is 0.320 e. The molecule has 7 nitrogen and oxygen atoms in total. The van der Waals surface area contributed by atoms with Crippen LogP contribution in [-0.2, 0) is 11.3 Å². The molecule has 0 aliphatic rings. The van der Waals surface area contributed by atoms with Crippen LogP contribution in [0.2, 0.25) is 5.02 Å². The number of anilines is 1. The average Bonchev–Trinajstić information content (AvgIpc) is 2.67. The number of ether oxygens (including phenoxy) is 1. The molecule has 0 saturated heterocycles. The van der Waals surface area contributed by atoms with Crippen molar-refractivity contribution >= 4 is 23.2 Å². The van der Waals surface area contributed by atoms with Gasteiger partial charge in [0.15, 0.2) is 0 Å². The highest BCUT2D eigenvalue weighted by molar-refractivity contribution is 6.32. The van der Waals surface area contributed by atoms with Crippen molar-refractivity contribution < 1.29 is 13.9 Å². The van der Waals surface area contributed by atoms with Crippen LogP contribution in [0.3, 0.4) is 0 Å². The van der Waals surface area contributed by atoms with Crippen molar-refractivity contribution in [2.45, 2.75) is 6.54 Å². The van der Waals surface area contributed by atoms with E-state index in [1.54, 1.807) is 12.1 Å². The van der Waals surface area contributed by atoms with E-state index in [-0.39, 0.29) is 11.6 Å². The third kappa shape index (κ3) is 4.12. The molecule has 0 spiro atoms. The number of nitrogens with zero attached hydrogens (tertiary/aromatic N) is 2. The largest absolute Gasteiger partial charge is 0.495 e. The van der Waals surface area contributed by atoms with E-state index in [1.807, 2.05) is 0 Å². The summed E-state index contributed by atoms with van der Waals surface area (Å²) in [4.78, 5) is 36.9. The standard InChI is InChI=1S/C19H15ClFN3O4/c1-28-16-7-6-14(10-15(16)20)24-9-8-23(18(26)19(24)27)11-17(25)22-13-4-2-12(21)3-5-13/h2-10H,11H2,1H3,(H,22,25). The third-order valence-corrected chi connectivity index (χ3v) is 4.21. The topological polar surface area (TPSA) is 82.3 Å². The minimum Gasteiger partial charge on any atom is -0.495 e. The molecule has 1 amide bonds. The highest BCUT2D eigenvalue weighted by Gasteiger charge is 2.11. The Balaban J connectivity index is 1.83. The molecule has 2 aromatic carbocycles. The molecule has 3 rings (SSSR count). The van der Waals surface area contributed by atoms with Crippen molar-refractivity contribution in [2.75, 3.05) is 12.4 Å². The van der Waals surface area contributed by atoms with Gasteiger partial charge in [-0.1, -0.05) is 11.6 Å². The minimum absolute atomic E-state index is 0.287. The molecule has 0 fully saturated rings. The Bertz CT molecular complexity index is 1140. The summed E-state index contributed by atoms with van der Waals surface area (Å²) in [5.41, 5.74) is -0.946. The molecule has 0 atom stereocenters. The van der Waals surface area contributed by atoms with Crippen molar-refractivity contribution in [3.8, 4) is 11.4 Å². The summed E-state index contributed by atoms with van der Waals surface area (Å²) in [6.45, 7) is -0.365. The first-order valence-corrected chi connectivity index (χ1v) is 8.48. The van der Waals surface area contributed by atoms with Crippen LogP contribution < -0.4 is 21.2 Å². The molecule has 0 saturated carbocycles. The molecule has 0 unspecified atom stereocenters. The van der Waals surface area contributed by atoms with Crippen LogP contribution >= 0.6 is 11.6 Å². The van der Waals surface area contributed by atoms with Crippen molar-refractivity contribution in [2.24, 2.45) is 0 Å². The van der Waals surface area contributed by atoms with Gasteiger partial charge >= 0.3 is 11.1 Å². The lowest BCUT2D eigenvalue weighted by Crippen LogP contribution is -2.41. The van der Waals surface area contributed by atoms with E-state index in [9.17, 15) is 18.8 Å². The van der Waals surface area contributed by atoms with Crippen LogP contribution in [0.25, 0.3) is 5.69 Å². The van der Waals surface area contributed by atoms with Gasteiger partial charge < -0.3 is 10.1 Å². The molecular formula is C19H15ClFN3O4. The summed E-state index contributed by atoms with van der Waals surface area (Å²) < 4.78 is 20.1. The molecule has 9 heteroatoms. The lowest BCUT2D eigenvalue weighted by atomic mass is 10.3. The first kappa shape index (κ1) is 19.4. The maximum absolute atomic E-state index is 12.9. The highest BCUT2D eigenvalue weighted by atomic mass is 35.5. The molecule has 0 bridgehead atoms. The van der Waals surface area contributed by atoms with E-state index in [4.69, 9.17) is 16.3 Å². The number of aromatic nitrogens is 2. The van der Waals surface area contributed by atoms with Gasteiger partial charge in [-0.3, -0.25) is 23.5 Å². The zero-order valence-corrected chi connectivity index (χ0v) is 15.4. The van der Waals surface area contributed by atoms with Gasteiger partial charge in [-0.25, -0.2) is 4.39 Å². The summed E-state index contributed by atoms with van der Waals surface area (Å²) in [6, 6.07) is 9.82. The van der Waals surface area contributed by atoms with E-state index >= 15 is 0 Å². The Morgan fingerprint density at radius 2 is 1.82 bits per heavy atom. The molecule has 1 N–H and O–H groups in total. The van der Waals surface area contributed by atoms with Crippen LogP contribution in [-0.4, -0.2) is 22.2 Å². The van der Waals surface area contributed by atoms with E-state index in [0.29, 0.717) is 17.1 Å². The van der Waals surface area contributed by atoms with E-state index < -0.39 is 22.8 Å². The number of amides is 1. The number of methoxy groups -OCH3 is 1. The Hall–Kier alpha value is -3.39. The molecule has 28 heavy (non-hydrogen) atoms. The summed E-state index contributed by atoms with van der Waals surface area (Å²) in [6.07, 6.45) is 2.69. The Labute approximate surface area is 163 Å². The molecule has 3 aromatic rings. The van der Waals surface area contributed by atoms with Crippen molar-refractivity contribution in [3.05, 3.63) is 86.4 Å². The zero-order chi connectivity index (χ0) is 20.3. The van der Waals surface area contributed by atoms with E-state index in [1.165, 1.54) is 49.8 Å². The van der Waals surface area contributed by atoms with Crippen molar-refractivity contribution in [1.29, 1.82) is 0 Å². The predicted octanol–water partition coefficient (Wildman–Crippen LogP) is 2.44. The Kier molecular flexibility index (Phi) is 5.60. The van der Waals surface area contributed by atoms with Gasteiger partial charge in [-0.15, -0.1) is 0 Å². The van der Waals surface area contributed by atoms with Crippen molar-refractivity contribution in [3.63, 3.8) is 0 Å². The van der Waals surface area contributed by atoms with E-state index in [2.05, 4.69) is 5.32 Å². The molecule has 0 radical (unpaired) electrons. The molecule has 1 heterocycles. The van der Waals surface area contributed by atoms with Gasteiger partial charge in [0.1, 0.15) is 18.1 Å². The number of halogens is 2. The summed E-state index contributed by atoms with van der Waals surface area (Å²) in [5, 5.41) is 2.81. The molecule has 144 valence electrons. The summed E-state index contributed by atoms with van der Waals surface area (Å²) >= 11 is 6.06. The predicted molar refractivity (Wildman–Crippen MR) is 103 cm³/mol. The molecular weight excluding hydrogens is 389 g/mol. The average molecular weight is 404 g/mol. The number of carbonyl (C=O) groups excluding carboxylic acids is 1. The molecule has 0 aliphatic carbocycles. The quantitative estimate of drug-likeness (QED) is 0.663. The fraction of sp³-hybridized carbons (Fsp3) is 0.105. The lowest BCUT2D eigenvalue weighted by Gasteiger charge is -2.11. The number of benzene rings is 2. The number of hydrogen-bond acceptors (Lipinski definition) is 4. The minimum atomic E-state index is -0.872. The maximum atomic E-state index is 12.9. The normalized spacial score (nSPS) is 10.5. The fourth-order valence-electron chi connectivity index (χ4n) is 2.53. The zero-order valence-electron chi connectivity index (χ0n) is 14.7. The first-order chi connectivity index (χ1) is 13.4. The summed E-state index contributed by atoms with van der Waals surface area (Å²) in [7, 11) is 1.46. The second-order valence-electron chi connectivity index (χ2n) is 5.78. The van der Waals surface area contributed by atoms with Gasteiger partial charge in [-0.05, 0) is 42.5 Å². The van der Waals surface area contributed by atoms with E-state index in [0.717, 1.165) is 9.13 Å². The third-order valence-electron chi connectivity index (χ3n) is 3.91. The van der Waals surface area contributed by atoms with Crippen LogP contribution in [0, 0.1) is 5.82 Å². The first-order valence-electron chi connectivity index (χ1n) is 8.10. The lowest BCUT2D eigenvalue weighted by molar-refractivity contribution is -0.116. The van der Waals surface area contributed by atoms with Crippen LogP contribution in [0.5, 0.6) is 5.75 Å². The van der Waals surface area contributed by atoms with Crippen LogP contribution in [0.15, 0.2) is 64.4 Å². The van der Waals surface area contributed by atoms with Gasteiger partial charge in [-0.2, -0.15) is 0 Å².